The Hall–Kier alpha value is -3.04. The average molecular weight is 387 g/mol. The van der Waals surface area contributed by atoms with Crippen LogP contribution in [-0.2, 0) is 23.9 Å². The molecule has 0 fully saturated rings. The van der Waals surface area contributed by atoms with Crippen LogP contribution in [0.4, 0.5) is 8.78 Å². The van der Waals surface area contributed by atoms with Gasteiger partial charge in [0.05, 0.1) is 25.6 Å². The summed E-state index contributed by atoms with van der Waals surface area (Å²) in [5.74, 6) is -8.63. The predicted molar refractivity (Wildman–Crippen MR) is 86.6 cm³/mol. The van der Waals surface area contributed by atoms with Gasteiger partial charge in [-0.25, -0.2) is 13.6 Å². The van der Waals surface area contributed by atoms with Crippen LogP contribution in [0.25, 0.3) is 0 Å². The summed E-state index contributed by atoms with van der Waals surface area (Å²) in [5.41, 5.74) is -0.362. The summed E-state index contributed by atoms with van der Waals surface area (Å²) in [6.45, 7) is 2.93. The van der Waals surface area contributed by atoms with E-state index < -0.39 is 53.8 Å². The van der Waals surface area contributed by atoms with Crippen molar-refractivity contribution in [1.29, 1.82) is 0 Å². The number of hydrogen-bond acceptors (Lipinski definition) is 6. The quantitative estimate of drug-likeness (QED) is 0.613. The summed E-state index contributed by atoms with van der Waals surface area (Å²) in [7, 11) is 0. The molecule has 8 nitrogen and oxygen atoms in total. The maximum Gasteiger partial charge on any atom is 0.327 e. The predicted octanol–water partition coefficient (Wildman–Crippen LogP) is 1.28. The molecule has 0 radical (unpaired) electrons. The van der Waals surface area contributed by atoms with Crippen LogP contribution in [0, 0.1) is 17.6 Å². The third-order valence-electron chi connectivity index (χ3n) is 3.42. The Balaban J connectivity index is 3.09. The van der Waals surface area contributed by atoms with Crippen molar-refractivity contribution in [2.24, 2.45) is 5.92 Å². The molecule has 1 rings (SSSR count). The molecule has 10 heteroatoms. The van der Waals surface area contributed by atoms with Gasteiger partial charge in [-0.1, -0.05) is 0 Å². The van der Waals surface area contributed by atoms with Gasteiger partial charge in [0.1, 0.15) is 6.04 Å². The lowest BCUT2D eigenvalue weighted by Crippen LogP contribution is -2.49. The molecule has 148 valence electrons. The van der Waals surface area contributed by atoms with Crippen LogP contribution in [0.5, 0.6) is 0 Å². The largest absolute Gasteiger partial charge is 0.480 e. The van der Waals surface area contributed by atoms with Gasteiger partial charge in [0.25, 0.3) is 5.91 Å². The lowest BCUT2D eigenvalue weighted by molar-refractivity contribution is -0.159. The van der Waals surface area contributed by atoms with E-state index in [9.17, 15) is 33.1 Å². The van der Waals surface area contributed by atoms with Crippen molar-refractivity contribution >= 4 is 23.8 Å². The number of aliphatic carboxylic acids is 1. The third kappa shape index (κ3) is 6.32. The van der Waals surface area contributed by atoms with Crippen molar-refractivity contribution in [2.75, 3.05) is 13.2 Å². The van der Waals surface area contributed by atoms with E-state index >= 15 is 0 Å². The lowest BCUT2D eigenvalue weighted by atomic mass is 9.95. The number of benzene rings is 1. The van der Waals surface area contributed by atoms with Crippen LogP contribution in [0.3, 0.4) is 0 Å². The molecule has 0 aromatic heterocycles. The molecule has 1 aromatic carbocycles. The second-order valence-corrected chi connectivity index (χ2v) is 5.29. The molecule has 1 aromatic rings. The molecule has 0 aliphatic carbocycles. The first kappa shape index (κ1) is 22.0. The molecule has 0 spiro atoms. The zero-order valence-electron chi connectivity index (χ0n) is 14.7. The number of carbonyl (C=O) groups is 4. The first-order chi connectivity index (χ1) is 12.7. The SMILES string of the molecule is CCOC(=O)C[C@H](C(=O)OCC)[C@H](NC(=O)c1ccc(F)c(F)c1)C(=O)O. The normalized spacial score (nSPS) is 12.6. The molecule has 27 heavy (non-hydrogen) atoms. The Bertz CT molecular complexity index is 723. The van der Waals surface area contributed by atoms with Crippen LogP contribution in [0.15, 0.2) is 18.2 Å². The number of ether oxygens (including phenoxy) is 2. The van der Waals surface area contributed by atoms with Crippen molar-refractivity contribution in [3.63, 3.8) is 0 Å². The fourth-order valence-corrected chi connectivity index (χ4v) is 2.18. The van der Waals surface area contributed by atoms with E-state index in [4.69, 9.17) is 9.47 Å². The highest BCUT2D eigenvalue weighted by Crippen LogP contribution is 2.16. The Labute approximate surface area is 153 Å². The monoisotopic (exact) mass is 387 g/mol. The highest BCUT2D eigenvalue weighted by molar-refractivity contribution is 5.98. The molecule has 0 bridgehead atoms. The fourth-order valence-electron chi connectivity index (χ4n) is 2.18. The first-order valence-electron chi connectivity index (χ1n) is 8.02. The third-order valence-corrected chi connectivity index (χ3v) is 3.42. The van der Waals surface area contributed by atoms with E-state index in [0.29, 0.717) is 12.1 Å². The van der Waals surface area contributed by atoms with Crippen molar-refractivity contribution in [3.8, 4) is 0 Å². The lowest BCUT2D eigenvalue weighted by Gasteiger charge is -2.22. The highest BCUT2D eigenvalue weighted by atomic mass is 19.2. The van der Waals surface area contributed by atoms with Gasteiger partial charge in [-0.3, -0.25) is 14.4 Å². The standard InChI is InChI=1S/C17H19F2NO7/c1-3-26-13(21)8-10(17(25)27-4-2)14(16(23)24)20-15(22)9-5-6-11(18)12(19)7-9/h5-7,10,14H,3-4,8H2,1-2H3,(H,20,22)(H,23,24)/t10-,14-/m0/s1. The maximum absolute atomic E-state index is 13.3. The van der Waals surface area contributed by atoms with Gasteiger partial charge < -0.3 is 19.9 Å². The van der Waals surface area contributed by atoms with Gasteiger partial charge in [-0.2, -0.15) is 0 Å². The van der Waals surface area contributed by atoms with Crippen LogP contribution >= 0.6 is 0 Å². The van der Waals surface area contributed by atoms with Crippen LogP contribution in [-0.4, -0.2) is 48.2 Å². The smallest absolute Gasteiger partial charge is 0.327 e. The Kier molecular flexibility index (Phi) is 8.31. The number of esters is 2. The number of hydrogen-bond donors (Lipinski definition) is 2. The summed E-state index contributed by atoms with van der Waals surface area (Å²) in [6.07, 6.45) is -0.651. The minimum atomic E-state index is -1.85. The Morgan fingerprint density at radius 1 is 1.07 bits per heavy atom. The van der Waals surface area contributed by atoms with Gasteiger partial charge in [-0.05, 0) is 32.0 Å². The molecule has 0 aliphatic rings. The van der Waals surface area contributed by atoms with E-state index in [-0.39, 0.29) is 18.8 Å². The topological polar surface area (TPSA) is 119 Å². The van der Waals surface area contributed by atoms with Crippen molar-refractivity contribution in [3.05, 3.63) is 35.4 Å². The summed E-state index contributed by atoms with van der Waals surface area (Å²) in [5, 5.41) is 11.4. The minimum Gasteiger partial charge on any atom is -0.480 e. The molecule has 2 atom stereocenters. The number of rotatable bonds is 9. The van der Waals surface area contributed by atoms with E-state index in [1.165, 1.54) is 13.8 Å². The highest BCUT2D eigenvalue weighted by Gasteiger charge is 2.38. The van der Waals surface area contributed by atoms with Gasteiger partial charge in [-0.15, -0.1) is 0 Å². The maximum atomic E-state index is 13.3. The second kappa shape index (κ2) is 10.2. The van der Waals surface area contributed by atoms with E-state index in [1.807, 2.05) is 5.32 Å². The molecule has 0 saturated heterocycles. The zero-order valence-corrected chi connectivity index (χ0v) is 14.7. The van der Waals surface area contributed by atoms with Crippen LogP contribution in [0.1, 0.15) is 30.6 Å². The van der Waals surface area contributed by atoms with Crippen molar-refractivity contribution in [2.45, 2.75) is 26.3 Å². The number of carbonyl (C=O) groups excluding carboxylic acids is 3. The summed E-state index contributed by atoms with van der Waals surface area (Å²) < 4.78 is 35.7. The second-order valence-electron chi connectivity index (χ2n) is 5.29. The molecular weight excluding hydrogens is 368 g/mol. The fraction of sp³-hybridized carbons (Fsp3) is 0.412. The summed E-state index contributed by atoms with van der Waals surface area (Å²) >= 11 is 0. The number of carboxylic acids is 1. The Morgan fingerprint density at radius 3 is 2.22 bits per heavy atom. The number of carboxylic acid groups (broad SMARTS) is 1. The number of nitrogens with one attached hydrogen (secondary N) is 1. The summed E-state index contributed by atoms with van der Waals surface area (Å²) in [4.78, 5) is 47.5. The van der Waals surface area contributed by atoms with E-state index in [2.05, 4.69) is 0 Å². The molecule has 0 saturated carbocycles. The molecular formula is C17H19F2NO7. The zero-order chi connectivity index (χ0) is 20.6. The van der Waals surface area contributed by atoms with Crippen LogP contribution < -0.4 is 5.32 Å². The average Bonchev–Trinajstić information content (AvgIpc) is 2.60. The number of halogens is 2. The number of amides is 1. The molecule has 1 amide bonds. The van der Waals surface area contributed by atoms with Gasteiger partial charge in [0, 0.05) is 5.56 Å². The molecule has 2 N–H and O–H groups in total. The van der Waals surface area contributed by atoms with Crippen molar-refractivity contribution < 1.29 is 42.5 Å². The first-order valence-corrected chi connectivity index (χ1v) is 8.02. The van der Waals surface area contributed by atoms with Crippen LogP contribution in [0.2, 0.25) is 0 Å². The molecule has 0 aliphatic heterocycles. The molecule has 0 unspecified atom stereocenters. The van der Waals surface area contributed by atoms with Crippen molar-refractivity contribution in [1.82, 2.24) is 5.32 Å². The minimum absolute atomic E-state index is 0.00727. The van der Waals surface area contributed by atoms with E-state index in [1.54, 1.807) is 0 Å². The Morgan fingerprint density at radius 2 is 1.70 bits per heavy atom. The van der Waals surface area contributed by atoms with Gasteiger partial charge >= 0.3 is 17.9 Å². The molecule has 0 heterocycles. The summed E-state index contributed by atoms with van der Waals surface area (Å²) in [6, 6.07) is 0.363. The van der Waals surface area contributed by atoms with Gasteiger partial charge in [0.2, 0.25) is 0 Å². The van der Waals surface area contributed by atoms with E-state index in [0.717, 1.165) is 6.07 Å². The van der Waals surface area contributed by atoms with Gasteiger partial charge in [0.15, 0.2) is 11.6 Å².